The van der Waals surface area contributed by atoms with Gasteiger partial charge in [0.05, 0.1) is 0 Å². The predicted molar refractivity (Wildman–Crippen MR) is 68.2 cm³/mol. The lowest BCUT2D eigenvalue weighted by molar-refractivity contribution is 0.128. The summed E-state index contributed by atoms with van der Waals surface area (Å²) in [6, 6.07) is 2.31. The Labute approximate surface area is 107 Å². The first-order valence-corrected chi connectivity index (χ1v) is 6.48. The number of nitrogens with zero attached hydrogens (tertiary/aromatic N) is 2. The van der Waals surface area contributed by atoms with Gasteiger partial charge >= 0.3 is 0 Å². The number of nitrogens with one attached hydrogen (secondary N) is 1. The van der Waals surface area contributed by atoms with Crippen molar-refractivity contribution < 1.29 is 4.74 Å². The molecule has 0 radical (unpaired) electrons. The molecule has 0 amide bonds. The van der Waals surface area contributed by atoms with Gasteiger partial charge in [-0.3, -0.25) is 0 Å². The Hall–Kier alpha value is -0.870. The number of halogens is 1. The molecule has 0 bridgehead atoms. The molecule has 1 N–H and O–H groups in total. The zero-order chi connectivity index (χ0) is 12.3. The van der Waals surface area contributed by atoms with Crippen LogP contribution in [0.25, 0.3) is 0 Å². The topological polar surface area (TPSA) is 47.0 Å². The summed E-state index contributed by atoms with van der Waals surface area (Å²) in [7, 11) is 0. The fraction of sp³-hybridized carbons (Fsp3) is 0.667. The molecule has 1 aliphatic carbocycles. The second-order valence-electron chi connectivity index (χ2n) is 4.28. The van der Waals surface area contributed by atoms with Crippen LogP contribution in [-0.2, 0) is 11.3 Å². The molecule has 2 atom stereocenters. The van der Waals surface area contributed by atoms with E-state index in [0.717, 1.165) is 11.7 Å². The van der Waals surface area contributed by atoms with Crippen LogP contribution >= 0.6 is 11.6 Å². The summed E-state index contributed by atoms with van der Waals surface area (Å²) >= 11 is 5.96. The molecule has 1 aromatic rings. The largest absolute Gasteiger partial charge is 0.374 e. The molecule has 1 heterocycles. The van der Waals surface area contributed by atoms with Gasteiger partial charge in [-0.25, -0.2) is 9.97 Å². The van der Waals surface area contributed by atoms with E-state index in [1.54, 1.807) is 6.07 Å². The molecule has 2 rings (SSSR count). The smallest absolute Gasteiger partial charge is 0.158 e. The molecule has 1 fully saturated rings. The highest BCUT2D eigenvalue weighted by Crippen LogP contribution is 2.35. The molecule has 0 saturated heterocycles. The minimum absolute atomic E-state index is 0.410. The van der Waals surface area contributed by atoms with E-state index in [1.165, 1.54) is 12.8 Å². The number of anilines is 1. The van der Waals surface area contributed by atoms with Crippen LogP contribution in [0.5, 0.6) is 0 Å². The third kappa shape index (κ3) is 3.54. The van der Waals surface area contributed by atoms with Crippen LogP contribution in [0, 0.1) is 5.92 Å². The Bertz CT molecular complexity index is 386. The molecule has 4 nitrogen and oxygen atoms in total. The van der Waals surface area contributed by atoms with Crippen molar-refractivity contribution in [2.75, 3.05) is 11.9 Å². The molecular formula is C12H18ClN3O. The van der Waals surface area contributed by atoms with Crippen molar-refractivity contribution >= 4 is 17.4 Å². The van der Waals surface area contributed by atoms with Crippen LogP contribution in [-0.4, -0.2) is 22.6 Å². The number of aromatic nitrogens is 2. The Balaban J connectivity index is 1.99. The lowest BCUT2D eigenvalue weighted by atomic mass is 10.3. The van der Waals surface area contributed by atoms with E-state index < -0.39 is 0 Å². The number of rotatable bonds is 6. The Morgan fingerprint density at radius 1 is 1.47 bits per heavy atom. The standard InChI is InChI=1S/C12H18ClN3O/c1-3-8-5-9(8)14-11-6-10(13)15-12(16-11)7-17-4-2/h6,8-9H,3-5,7H2,1-2H3,(H,14,15,16). The van der Waals surface area contributed by atoms with Gasteiger partial charge in [0.1, 0.15) is 17.6 Å². The lowest BCUT2D eigenvalue weighted by Crippen LogP contribution is -2.09. The van der Waals surface area contributed by atoms with Crippen LogP contribution in [0.3, 0.4) is 0 Å². The number of ether oxygens (including phenoxy) is 1. The van der Waals surface area contributed by atoms with E-state index in [9.17, 15) is 0 Å². The highest BCUT2D eigenvalue weighted by atomic mass is 35.5. The third-order valence-corrected chi connectivity index (χ3v) is 3.15. The molecule has 5 heteroatoms. The molecule has 1 aliphatic rings. The summed E-state index contributed by atoms with van der Waals surface area (Å²) in [4.78, 5) is 8.52. The molecule has 0 aliphatic heterocycles. The van der Waals surface area contributed by atoms with Gasteiger partial charge in [0.15, 0.2) is 5.82 Å². The van der Waals surface area contributed by atoms with Gasteiger partial charge < -0.3 is 10.1 Å². The lowest BCUT2D eigenvalue weighted by Gasteiger charge is -2.07. The Morgan fingerprint density at radius 3 is 2.94 bits per heavy atom. The van der Waals surface area contributed by atoms with Gasteiger partial charge in [0.25, 0.3) is 0 Å². The number of hydrogen-bond acceptors (Lipinski definition) is 4. The van der Waals surface area contributed by atoms with E-state index in [-0.39, 0.29) is 0 Å². The maximum Gasteiger partial charge on any atom is 0.158 e. The maximum absolute atomic E-state index is 5.96. The van der Waals surface area contributed by atoms with Gasteiger partial charge in [-0.2, -0.15) is 0 Å². The van der Waals surface area contributed by atoms with E-state index >= 15 is 0 Å². The van der Waals surface area contributed by atoms with Crippen LogP contribution < -0.4 is 5.32 Å². The van der Waals surface area contributed by atoms with Crippen LogP contribution in [0.1, 0.15) is 32.5 Å². The quantitative estimate of drug-likeness (QED) is 0.794. The summed E-state index contributed by atoms with van der Waals surface area (Å²) in [6.07, 6.45) is 2.43. The van der Waals surface area contributed by atoms with Crippen molar-refractivity contribution in [2.24, 2.45) is 5.92 Å². The molecule has 2 unspecified atom stereocenters. The first kappa shape index (κ1) is 12.6. The van der Waals surface area contributed by atoms with Crippen LogP contribution in [0.4, 0.5) is 5.82 Å². The maximum atomic E-state index is 5.96. The summed E-state index contributed by atoms with van der Waals surface area (Å²) in [5.74, 6) is 2.22. The van der Waals surface area contributed by atoms with Crippen molar-refractivity contribution in [3.05, 3.63) is 17.0 Å². The molecule has 94 valence electrons. The normalized spacial score (nSPS) is 22.5. The van der Waals surface area contributed by atoms with E-state index in [1.807, 2.05) is 6.92 Å². The minimum Gasteiger partial charge on any atom is -0.374 e. The van der Waals surface area contributed by atoms with Crippen molar-refractivity contribution in [2.45, 2.75) is 39.3 Å². The Morgan fingerprint density at radius 2 is 2.29 bits per heavy atom. The summed E-state index contributed by atoms with van der Waals surface area (Å²) < 4.78 is 5.28. The summed E-state index contributed by atoms with van der Waals surface area (Å²) in [6.45, 7) is 5.21. The average Bonchev–Trinajstić information content (AvgIpc) is 3.04. The second-order valence-corrected chi connectivity index (χ2v) is 4.67. The monoisotopic (exact) mass is 255 g/mol. The van der Waals surface area contributed by atoms with Crippen molar-refractivity contribution in [1.29, 1.82) is 0 Å². The zero-order valence-electron chi connectivity index (χ0n) is 10.2. The average molecular weight is 256 g/mol. The van der Waals surface area contributed by atoms with Crippen LogP contribution in [0.15, 0.2) is 6.07 Å². The second kappa shape index (κ2) is 5.65. The van der Waals surface area contributed by atoms with E-state index in [0.29, 0.717) is 30.2 Å². The summed E-state index contributed by atoms with van der Waals surface area (Å²) in [5, 5.41) is 3.85. The highest BCUT2D eigenvalue weighted by Gasteiger charge is 2.35. The van der Waals surface area contributed by atoms with Gasteiger partial charge in [0, 0.05) is 18.7 Å². The first-order chi connectivity index (χ1) is 8.22. The molecule has 0 aromatic carbocycles. The van der Waals surface area contributed by atoms with Gasteiger partial charge in [0.2, 0.25) is 0 Å². The van der Waals surface area contributed by atoms with Gasteiger partial charge in [-0.15, -0.1) is 0 Å². The fourth-order valence-corrected chi connectivity index (χ4v) is 2.06. The molecule has 1 saturated carbocycles. The van der Waals surface area contributed by atoms with Crippen LogP contribution in [0.2, 0.25) is 5.15 Å². The van der Waals surface area contributed by atoms with Crippen molar-refractivity contribution in [3.8, 4) is 0 Å². The highest BCUT2D eigenvalue weighted by molar-refractivity contribution is 6.29. The van der Waals surface area contributed by atoms with Gasteiger partial charge in [-0.1, -0.05) is 24.9 Å². The minimum atomic E-state index is 0.410. The number of hydrogen-bond donors (Lipinski definition) is 1. The van der Waals surface area contributed by atoms with E-state index in [4.69, 9.17) is 16.3 Å². The molecule has 17 heavy (non-hydrogen) atoms. The predicted octanol–water partition coefficient (Wildman–Crippen LogP) is 2.88. The fourth-order valence-electron chi connectivity index (χ4n) is 1.86. The SMILES string of the molecule is CCOCc1nc(Cl)cc(NC2CC2CC)n1. The molecule has 0 spiro atoms. The molecular weight excluding hydrogens is 238 g/mol. The summed E-state index contributed by atoms with van der Waals surface area (Å²) in [5.41, 5.74) is 0. The van der Waals surface area contributed by atoms with Gasteiger partial charge in [-0.05, 0) is 19.3 Å². The Kier molecular flexibility index (Phi) is 4.18. The zero-order valence-corrected chi connectivity index (χ0v) is 11.0. The van der Waals surface area contributed by atoms with Crippen molar-refractivity contribution in [3.63, 3.8) is 0 Å². The van der Waals surface area contributed by atoms with E-state index in [2.05, 4.69) is 22.2 Å². The first-order valence-electron chi connectivity index (χ1n) is 6.10. The van der Waals surface area contributed by atoms with Crippen molar-refractivity contribution in [1.82, 2.24) is 9.97 Å². The molecule has 1 aromatic heterocycles. The third-order valence-electron chi connectivity index (χ3n) is 2.96.